The minimum absolute atomic E-state index is 0.159. The molecule has 0 bridgehead atoms. The zero-order valence-corrected chi connectivity index (χ0v) is 26.7. The van der Waals surface area contributed by atoms with E-state index in [4.69, 9.17) is 33.7 Å². The normalized spacial score (nSPS) is 14.2. The number of nitrogens with two attached hydrogens (primary N) is 1. The van der Waals surface area contributed by atoms with E-state index in [1.165, 1.54) is 12.0 Å². The molecule has 1 fully saturated rings. The smallest absolute Gasteiger partial charge is 0.325 e. The van der Waals surface area contributed by atoms with Crippen molar-refractivity contribution >= 4 is 51.8 Å². The van der Waals surface area contributed by atoms with E-state index < -0.39 is 11.5 Å². The molecule has 0 atom stereocenters. The van der Waals surface area contributed by atoms with Gasteiger partial charge in [0.15, 0.2) is 0 Å². The first kappa shape index (κ1) is 34.8. The summed E-state index contributed by atoms with van der Waals surface area (Å²) in [5.74, 6) is -1.09. The maximum atomic E-state index is 13.5. The van der Waals surface area contributed by atoms with Gasteiger partial charge in [-0.2, -0.15) is 5.26 Å². The van der Waals surface area contributed by atoms with E-state index in [1.807, 2.05) is 43.3 Å². The van der Waals surface area contributed by atoms with E-state index in [-0.39, 0.29) is 18.4 Å². The van der Waals surface area contributed by atoms with Crippen LogP contribution in [0.5, 0.6) is 0 Å². The highest BCUT2D eigenvalue weighted by Gasteiger charge is 2.38. The number of piperidine rings is 1. The number of nitriles is 1. The predicted octanol–water partition coefficient (Wildman–Crippen LogP) is 5.03. The molecule has 4 rings (SSSR count). The number of hydrogen-bond acceptors (Lipinski definition) is 7. The Morgan fingerprint density at radius 2 is 1.68 bits per heavy atom. The Kier molecular flexibility index (Phi) is 13.4. The highest BCUT2D eigenvalue weighted by atomic mass is 35.5. The quantitative estimate of drug-likeness (QED) is 0.222. The van der Waals surface area contributed by atoms with Gasteiger partial charge in [-0.3, -0.25) is 14.4 Å². The molecule has 9 nitrogen and oxygen atoms in total. The number of ether oxygens (including phenoxy) is 1. The number of methoxy groups -OCH3 is 1. The van der Waals surface area contributed by atoms with E-state index in [2.05, 4.69) is 16.3 Å². The maximum Gasteiger partial charge on any atom is 0.325 e. The van der Waals surface area contributed by atoms with Crippen LogP contribution in [0.15, 0.2) is 60.7 Å². The van der Waals surface area contributed by atoms with Gasteiger partial charge in [-0.15, -0.1) is 0 Å². The standard InChI is InChI=1S/C27H35N5O4.C6H4Cl2/c1-3-30-27(26(29)35)10-14-31(15-11-27)12-6-7-13-32(19-24(33)36-2)25(34)23-17-20(18-28)16-21-8-4-5-9-22(21)23;7-5-3-1-2-4-6(5)8/h4-5,8-9,16-17,30H,3,6-7,10-15,19H2,1-2H3,(H2,29,35);1-4H. The van der Waals surface area contributed by atoms with Gasteiger partial charge in [0.05, 0.1) is 28.8 Å². The van der Waals surface area contributed by atoms with Crippen LogP contribution in [0, 0.1) is 11.3 Å². The third kappa shape index (κ3) is 9.41. The van der Waals surface area contributed by atoms with Gasteiger partial charge in [0, 0.05) is 25.2 Å². The topological polar surface area (TPSA) is 129 Å². The number of hydrogen-bond donors (Lipinski definition) is 2. The molecule has 0 spiro atoms. The zero-order chi connectivity index (χ0) is 32.1. The Morgan fingerprint density at radius 1 is 1.05 bits per heavy atom. The molecule has 0 saturated carbocycles. The number of amides is 2. The molecule has 3 aromatic carbocycles. The molecular formula is C33H39Cl2N5O4. The zero-order valence-electron chi connectivity index (χ0n) is 25.2. The number of likely N-dealkylation sites (N-methyl/N-ethyl adjacent to an activating group) is 1. The molecule has 0 aliphatic carbocycles. The molecule has 234 valence electrons. The number of fused-ring (bicyclic) bond motifs is 1. The van der Waals surface area contributed by atoms with Gasteiger partial charge in [0.2, 0.25) is 5.91 Å². The number of carbonyl (C=O) groups is 3. The van der Waals surface area contributed by atoms with Crippen molar-refractivity contribution in [3.05, 3.63) is 81.8 Å². The van der Waals surface area contributed by atoms with E-state index >= 15 is 0 Å². The second kappa shape index (κ2) is 17.0. The summed E-state index contributed by atoms with van der Waals surface area (Å²) in [4.78, 5) is 41.4. The SMILES string of the molecule is CCNC1(C(N)=O)CCN(CCCCN(CC(=O)OC)C(=O)c2cc(C#N)cc3ccccc23)CC1.Clc1ccccc1Cl. The molecule has 3 N–H and O–H groups in total. The van der Waals surface area contributed by atoms with Crippen molar-refractivity contribution in [1.82, 2.24) is 15.1 Å². The predicted molar refractivity (Wildman–Crippen MR) is 174 cm³/mol. The average molecular weight is 641 g/mol. The molecule has 0 unspecified atom stereocenters. The van der Waals surface area contributed by atoms with Crippen molar-refractivity contribution in [2.75, 3.05) is 46.4 Å². The molecule has 1 heterocycles. The Hall–Kier alpha value is -3.68. The molecule has 44 heavy (non-hydrogen) atoms. The summed E-state index contributed by atoms with van der Waals surface area (Å²) in [6.45, 7) is 5.26. The second-order valence-corrected chi connectivity index (χ2v) is 11.4. The van der Waals surface area contributed by atoms with Gasteiger partial charge in [-0.25, -0.2) is 0 Å². The van der Waals surface area contributed by atoms with Crippen LogP contribution in [0.2, 0.25) is 10.0 Å². The molecular weight excluding hydrogens is 601 g/mol. The largest absolute Gasteiger partial charge is 0.468 e. The lowest BCUT2D eigenvalue weighted by molar-refractivity contribution is -0.141. The number of benzene rings is 3. The van der Waals surface area contributed by atoms with Crippen molar-refractivity contribution in [3.63, 3.8) is 0 Å². The minimum Gasteiger partial charge on any atom is -0.468 e. The van der Waals surface area contributed by atoms with Crippen molar-refractivity contribution in [1.29, 1.82) is 5.26 Å². The Labute approximate surface area is 268 Å². The summed E-state index contributed by atoms with van der Waals surface area (Å²) in [7, 11) is 1.30. The van der Waals surface area contributed by atoms with E-state index in [0.29, 0.717) is 53.5 Å². The van der Waals surface area contributed by atoms with Crippen LogP contribution in [-0.4, -0.2) is 79.5 Å². The van der Waals surface area contributed by atoms with Crippen molar-refractivity contribution in [2.24, 2.45) is 5.73 Å². The monoisotopic (exact) mass is 639 g/mol. The van der Waals surface area contributed by atoms with Gasteiger partial charge in [0.25, 0.3) is 5.91 Å². The molecule has 0 aromatic heterocycles. The summed E-state index contributed by atoms with van der Waals surface area (Å²) in [6, 6.07) is 20.0. The van der Waals surface area contributed by atoms with Gasteiger partial charge in [-0.1, -0.05) is 66.5 Å². The van der Waals surface area contributed by atoms with Gasteiger partial charge in [0.1, 0.15) is 12.1 Å². The van der Waals surface area contributed by atoms with Crippen LogP contribution < -0.4 is 11.1 Å². The Bertz CT molecular complexity index is 1460. The van der Waals surface area contributed by atoms with Crippen LogP contribution >= 0.6 is 23.2 Å². The maximum absolute atomic E-state index is 13.5. The highest BCUT2D eigenvalue weighted by molar-refractivity contribution is 6.41. The number of nitrogens with zero attached hydrogens (tertiary/aromatic N) is 3. The fraction of sp³-hybridized carbons (Fsp3) is 0.394. The van der Waals surface area contributed by atoms with Crippen molar-refractivity contribution < 1.29 is 19.1 Å². The highest BCUT2D eigenvalue weighted by Crippen LogP contribution is 2.24. The van der Waals surface area contributed by atoms with Gasteiger partial charge >= 0.3 is 5.97 Å². The van der Waals surface area contributed by atoms with Crippen LogP contribution in [0.4, 0.5) is 0 Å². The first-order valence-corrected chi connectivity index (χ1v) is 15.4. The summed E-state index contributed by atoms with van der Waals surface area (Å²) in [5, 5.41) is 15.4. The first-order chi connectivity index (χ1) is 21.1. The third-order valence-electron chi connectivity index (χ3n) is 7.73. The average Bonchev–Trinajstić information content (AvgIpc) is 3.04. The molecule has 0 radical (unpaired) electrons. The second-order valence-electron chi connectivity index (χ2n) is 10.6. The number of unbranched alkanes of at least 4 members (excludes halogenated alkanes) is 1. The summed E-state index contributed by atoms with van der Waals surface area (Å²) < 4.78 is 4.82. The molecule has 1 aliphatic rings. The van der Waals surface area contributed by atoms with Crippen LogP contribution in [0.1, 0.15) is 48.5 Å². The van der Waals surface area contributed by atoms with Crippen LogP contribution in [0.25, 0.3) is 10.8 Å². The number of likely N-dealkylation sites (tertiary alicyclic amines) is 1. The molecule has 3 aromatic rings. The molecule has 11 heteroatoms. The molecule has 1 aliphatic heterocycles. The van der Waals surface area contributed by atoms with Gasteiger partial charge < -0.3 is 25.6 Å². The number of esters is 1. The fourth-order valence-electron chi connectivity index (χ4n) is 5.28. The van der Waals surface area contributed by atoms with Crippen LogP contribution in [0.3, 0.4) is 0 Å². The summed E-state index contributed by atoms with van der Waals surface area (Å²) in [5.41, 5.74) is 5.82. The number of primary amides is 1. The number of halogens is 2. The molecule has 2 amide bonds. The number of rotatable bonds is 11. The van der Waals surface area contributed by atoms with Gasteiger partial charge in [-0.05, 0) is 73.8 Å². The Morgan fingerprint density at radius 3 is 2.25 bits per heavy atom. The Balaban J connectivity index is 0.000000572. The third-order valence-corrected chi connectivity index (χ3v) is 8.49. The van der Waals surface area contributed by atoms with E-state index in [9.17, 15) is 19.6 Å². The lowest BCUT2D eigenvalue weighted by Gasteiger charge is -2.40. The fourth-order valence-corrected chi connectivity index (χ4v) is 5.55. The summed E-state index contributed by atoms with van der Waals surface area (Å²) >= 11 is 11.2. The summed E-state index contributed by atoms with van der Waals surface area (Å²) in [6.07, 6.45) is 2.87. The number of nitrogens with one attached hydrogen (secondary N) is 1. The van der Waals surface area contributed by atoms with E-state index in [0.717, 1.165) is 36.8 Å². The lowest BCUT2D eigenvalue weighted by atomic mass is 9.86. The first-order valence-electron chi connectivity index (χ1n) is 14.6. The number of carbonyl (C=O) groups excluding carboxylic acids is 3. The van der Waals surface area contributed by atoms with Crippen LogP contribution in [-0.2, 0) is 14.3 Å². The molecule has 1 saturated heterocycles. The van der Waals surface area contributed by atoms with E-state index in [1.54, 1.807) is 24.3 Å². The van der Waals surface area contributed by atoms with Crippen molar-refractivity contribution in [2.45, 2.75) is 38.1 Å². The minimum atomic E-state index is -0.629. The van der Waals surface area contributed by atoms with Crippen molar-refractivity contribution in [3.8, 4) is 6.07 Å². The lowest BCUT2D eigenvalue weighted by Crippen LogP contribution is -2.60.